The molecule has 7 nitrogen and oxygen atoms in total. The molecule has 1 saturated heterocycles. The Balaban J connectivity index is 1.47. The van der Waals surface area contributed by atoms with E-state index in [4.69, 9.17) is 13.9 Å². The number of hydrogen-bond acceptors (Lipinski definition) is 7. The van der Waals surface area contributed by atoms with Crippen LogP contribution in [0, 0.1) is 0 Å². The number of ether oxygens (including phenoxy) is 2. The summed E-state index contributed by atoms with van der Waals surface area (Å²) in [6.45, 7) is 5.74. The van der Waals surface area contributed by atoms with Crippen LogP contribution in [-0.4, -0.2) is 51.5 Å². The molecular formula is C20H28N4O3. The zero-order chi connectivity index (χ0) is 18.9. The topological polar surface area (TPSA) is 73.5 Å². The minimum atomic E-state index is -0.106. The van der Waals surface area contributed by atoms with Crippen molar-refractivity contribution in [3.05, 3.63) is 36.2 Å². The summed E-state index contributed by atoms with van der Waals surface area (Å²) < 4.78 is 18.0. The number of nitrogens with zero attached hydrogens (tertiary/aromatic N) is 4. The second-order valence-electron chi connectivity index (χ2n) is 7.88. The van der Waals surface area contributed by atoms with Gasteiger partial charge in [-0.3, -0.25) is 4.90 Å². The van der Waals surface area contributed by atoms with Gasteiger partial charge < -0.3 is 13.9 Å². The summed E-state index contributed by atoms with van der Waals surface area (Å²) in [5.41, 5.74) is -0.106. The number of fused-ring (bicyclic) bond motifs is 1. The normalized spacial score (nSPS) is 28.4. The van der Waals surface area contributed by atoms with Gasteiger partial charge in [-0.1, -0.05) is 19.9 Å². The number of rotatable bonds is 6. The van der Waals surface area contributed by atoms with Crippen LogP contribution in [-0.2, 0) is 11.3 Å². The first-order valence-corrected chi connectivity index (χ1v) is 9.79. The van der Waals surface area contributed by atoms with Gasteiger partial charge in [-0.2, -0.15) is 0 Å². The zero-order valence-electron chi connectivity index (χ0n) is 16.3. The van der Waals surface area contributed by atoms with Crippen molar-refractivity contribution in [1.29, 1.82) is 0 Å². The van der Waals surface area contributed by atoms with Gasteiger partial charge in [0.1, 0.15) is 6.10 Å². The van der Waals surface area contributed by atoms with Gasteiger partial charge in [0.2, 0.25) is 17.7 Å². The molecule has 0 amide bonds. The maximum atomic E-state index is 6.14. The van der Waals surface area contributed by atoms with Crippen LogP contribution in [0.25, 0.3) is 0 Å². The highest BCUT2D eigenvalue weighted by molar-refractivity contribution is 5.12. The summed E-state index contributed by atoms with van der Waals surface area (Å²) in [5.74, 6) is 2.31. The molecule has 7 heteroatoms. The first-order chi connectivity index (χ1) is 13.1. The van der Waals surface area contributed by atoms with Crippen molar-refractivity contribution in [2.24, 2.45) is 0 Å². The van der Waals surface area contributed by atoms with Crippen LogP contribution in [0.1, 0.15) is 57.2 Å². The largest absolute Gasteiger partial charge is 0.474 e. The van der Waals surface area contributed by atoms with Gasteiger partial charge in [-0.25, -0.2) is 4.98 Å². The molecule has 0 radical (unpaired) electrons. The summed E-state index contributed by atoms with van der Waals surface area (Å²) in [7, 11) is 1.83. The van der Waals surface area contributed by atoms with E-state index in [0.29, 0.717) is 24.2 Å². The molecule has 0 unspecified atom stereocenters. The molecule has 3 heterocycles. The highest BCUT2D eigenvalue weighted by Gasteiger charge is 2.51. The fourth-order valence-electron chi connectivity index (χ4n) is 4.38. The summed E-state index contributed by atoms with van der Waals surface area (Å²) in [6.07, 6.45) is 5.81. The molecule has 1 aliphatic heterocycles. The van der Waals surface area contributed by atoms with Crippen LogP contribution in [0.5, 0.6) is 5.88 Å². The lowest BCUT2D eigenvalue weighted by molar-refractivity contribution is -0.0850. The molecule has 1 aliphatic carbocycles. The summed E-state index contributed by atoms with van der Waals surface area (Å²) in [4.78, 5) is 6.71. The molecular weight excluding hydrogens is 344 g/mol. The van der Waals surface area contributed by atoms with Crippen molar-refractivity contribution in [3.63, 3.8) is 0 Å². The highest BCUT2D eigenvalue weighted by atomic mass is 16.5. The Bertz CT molecular complexity index is 751. The van der Waals surface area contributed by atoms with Gasteiger partial charge in [0.15, 0.2) is 0 Å². The Morgan fingerprint density at radius 3 is 2.89 bits per heavy atom. The Hall–Kier alpha value is -1.99. The van der Waals surface area contributed by atoms with Gasteiger partial charge in [0.25, 0.3) is 0 Å². The van der Waals surface area contributed by atoms with Crippen LogP contribution in [0.15, 0.2) is 28.8 Å². The summed E-state index contributed by atoms with van der Waals surface area (Å²) in [5, 5.41) is 8.40. The second kappa shape index (κ2) is 7.56. The van der Waals surface area contributed by atoms with E-state index in [-0.39, 0.29) is 23.7 Å². The van der Waals surface area contributed by atoms with Gasteiger partial charge in [0.05, 0.1) is 12.1 Å². The number of hydrogen-bond donors (Lipinski definition) is 0. The molecule has 0 spiro atoms. The van der Waals surface area contributed by atoms with Crippen LogP contribution in [0.3, 0.4) is 0 Å². The number of aromatic nitrogens is 3. The van der Waals surface area contributed by atoms with E-state index in [2.05, 4.69) is 33.9 Å². The quantitative estimate of drug-likeness (QED) is 0.771. The molecule has 2 aromatic rings. The molecule has 3 atom stereocenters. The van der Waals surface area contributed by atoms with E-state index < -0.39 is 0 Å². The van der Waals surface area contributed by atoms with E-state index in [1.165, 1.54) is 0 Å². The summed E-state index contributed by atoms with van der Waals surface area (Å²) >= 11 is 0. The monoisotopic (exact) mass is 372 g/mol. The third-order valence-corrected chi connectivity index (χ3v) is 5.89. The van der Waals surface area contributed by atoms with Crippen molar-refractivity contribution >= 4 is 0 Å². The predicted octanol–water partition coefficient (Wildman–Crippen LogP) is 3.18. The van der Waals surface area contributed by atoms with Gasteiger partial charge >= 0.3 is 0 Å². The van der Waals surface area contributed by atoms with Gasteiger partial charge in [0, 0.05) is 44.3 Å². The lowest BCUT2D eigenvalue weighted by Gasteiger charge is -2.43. The smallest absolute Gasteiger partial charge is 0.230 e. The molecule has 2 fully saturated rings. The fraction of sp³-hybridized carbons (Fsp3) is 0.650. The molecule has 146 valence electrons. The first-order valence-electron chi connectivity index (χ1n) is 9.79. The van der Waals surface area contributed by atoms with Crippen molar-refractivity contribution in [2.75, 3.05) is 13.7 Å². The average Bonchev–Trinajstić information content (AvgIpc) is 3.29. The minimum absolute atomic E-state index is 0.106. The van der Waals surface area contributed by atoms with Crippen LogP contribution < -0.4 is 4.74 Å². The minimum Gasteiger partial charge on any atom is -0.474 e. The van der Waals surface area contributed by atoms with E-state index in [0.717, 1.165) is 32.2 Å². The number of pyridine rings is 1. The van der Waals surface area contributed by atoms with E-state index >= 15 is 0 Å². The Kier molecular flexibility index (Phi) is 5.14. The molecule has 2 aromatic heterocycles. The Morgan fingerprint density at radius 2 is 2.19 bits per heavy atom. The second-order valence-corrected chi connectivity index (χ2v) is 7.88. The Labute approximate surface area is 160 Å². The maximum Gasteiger partial charge on any atom is 0.230 e. The maximum absolute atomic E-state index is 6.14. The summed E-state index contributed by atoms with van der Waals surface area (Å²) in [6, 6.07) is 6.04. The van der Waals surface area contributed by atoms with Crippen LogP contribution >= 0.6 is 0 Å². The third-order valence-electron chi connectivity index (χ3n) is 5.89. The average molecular weight is 372 g/mol. The SMILES string of the molecule is CO[C@@]12CC[C@@H](Oc3ccccn3)C[C@@H]1N(Cc1nnc(C(C)C)o1)CC2. The lowest BCUT2D eigenvalue weighted by atomic mass is 9.79. The lowest BCUT2D eigenvalue weighted by Crippen LogP contribution is -2.52. The first kappa shape index (κ1) is 18.4. The van der Waals surface area contributed by atoms with Crippen LogP contribution in [0.2, 0.25) is 0 Å². The predicted molar refractivity (Wildman–Crippen MR) is 99.4 cm³/mol. The van der Waals surface area contributed by atoms with Crippen molar-refractivity contribution < 1.29 is 13.9 Å². The van der Waals surface area contributed by atoms with E-state index in [1.807, 2.05) is 25.3 Å². The molecule has 1 saturated carbocycles. The number of likely N-dealkylation sites (tertiary alicyclic amines) is 1. The molecule has 2 aliphatic rings. The molecule has 0 aromatic carbocycles. The van der Waals surface area contributed by atoms with Crippen molar-refractivity contribution in [3.8, 4) is 5.88 Å². The van der Waals surface area contributed by atoms with E-state index in [1.54, 1.807) is 6.20 Å². The molecule has 27 heavy (non-hydrogen) atoms. The third kappa shape index (κ3) is 3.71. The fourth-order valence-corrected chi connectivity index (χ4v) is 4.38. The highest BCUT2D eigenvalue weighted by Crippen LogP contribution is 2.43. The molecule has 0 N–H and O–H groups in total. The Morgan fingerprint density at radius 1 is 1.30 bits per heavy atom. The zero-order valence-corrected chi connectivity index (χ0v) is 16.3. The van der Waals surface area contributed by atoms with E-state index in [9.17, 15) is 0 Å². The molecule has 4 rings (SSSR count). The van der Waals surface area contributed by atoms with Gasteiger partial charge in [-0.05, 0) is 25.3 Å². The van der Waals surface area contributed by atoms with Crippen molar-refractivity contribution in [2.45, 2.75) is 69.7 Å². The van der Waals surface area contributed by atoms with Gasteiger partial charge in [-0.15, -0.1) is 10.2 Å². The van der Waals surface area contributed by atoms with Crippen LogP contribution in [0.4, 0.5) is 0 Å². The number of methoxy groups -OCH3 is 1. The standard InChI is InChI=1S/C20H28N4O3/c1-14(2)19-23-22-18(27-19)13-24-11-9-20(25-3)8-7-15(12-16(20)24)26-17-6-4-5-10-21-17/h4-6,10,14-16H,7-9,11-13H2,1-3H3/t15-,16+,20-/m1/s1. The molecule has 0 bridgehead atoms. The van der Waals surface area contributed by atoms with Crippen molar-refractivity contribution in [1.82, 2.24) is 20.1 Å².